The molecule has 18 heavy (non-hydrogen) atoms. The average Bonchev–Trinajstić information content (AvgIpc) is 2.85. The molecule has 2 aromatic heterocycles. The smallest absolute Gasteiger partial charge is 0.273 e. The molecule has 0 fully saturated rings. The summed E-state index contributed by atoms with van der Waals surface area (Å²) in [6.45, 7) is 0.470. The van der Waals surface area contributed by atoms with Crippen LogP contribution < -0.4 is 0 Å². The lowest BCUT2D eigenvalue weighted by atomic mass is 10.3. The van der Waals surface area contributed by atoms with Crippen LogP contribution in [-0.2, 0) is 20.6 Å². The van der Waals surface area contributed by atoms with E-state index >= 15 is 0 Å². The highest BCUT2D eigenvalue weighted by Gasteiger charge is 2.19. The fourth-order valence-electron chi connectivity index (χ4n) is 1.69. The predicted octanol–water partition coefficient (Wildman–Crippen LogP) is 1.19. The second-order valence-corrected chi connectivity index (χ2v) is 4.96. The van der Waals surface area contributed by atoms with Gasteiger partial charge in [-0.15, -0.1) is 0 Å². The van der Waals surface area contributed by atoms with Crippen LogP contribution in [0.15, 0.2) is 22.9 Å². The highest BCUT2D eigenvalue weighted by atomic mass is 79.9. The summed E-state index contributed by atoms with van der Waals surface area (Å²) in [7, 11) is 5.34. The molecule has 0 saturated carbocycles. The van der Waals surface area contributed by atoms with Gasteiger partial charge in [0.05, 0.1) is 22.9 Å². The first-order valence-corrected chi connectivity index (χ1v) is 6.20. The van der Waals surface area contributed by atoms with Crippen LogP contribution in [0.5, 0.6) is 0 Å². The molecule has 0 bridgehead atoms. The summed E-state index contributed by atoms with van der Waals surface area (Å²) in [6, 6.07) is 1.89. The number of rotatable bonds is 3. The summed E-state index contributed by atoms with van der Waals surface area (Å²) in [5.41, 5.74) is 1.39. The summed E-state index contributed by atoms with van der Waals surface area (Å²) in [6.07, 6.45) is 3.47. The van der Waals surface area contributed by atoms with Crippen LogP contribution in [0.4, 0.5) is 0 Å². The molecule has 1 amide bonds. The molecule has 96 valence electrons. The van der Waals surface area contributed by atoms with Crippen molar-refractivity contribution < 1.29 is 4.79 Å². The first-order chi connectivity index (χ1) is 8.49. The van der Waals surface area contributed by atoms with Gasteiger partial charge in [-0.25, -0.2) is 0 Å². The molecule has 7 heteroatoms. The van der Waals surface area contributed by atoms with Crippen molar-refractivity contribution in [2.45, 2.75) is 6.54 Å². The molecule has 0 atom stereocenters. The number of carbonyl (C=O) groups excluding carboxylic acids is 1. The average molecular weight is 312 g/mol. The molecule has 2 rings (SSSR count). The van der Waals surface area contributed by atoms with Crippen molar-refractivity contribution in [3.63, 3.8) is 0 Å². The van der Waals surface area contributed by atoms with Crippen LogP contribution in [0.2, 0.25) is 0 Å². The van der Waals surface area contributed by atoms with Crippen LogP contribution in [0.25, 0.3) is 0 Å². The van der Waals surface area contributed by atoms with Gasteiger partial charge >= 0.3 is 0 Å². The predicted molar refractivity (Wildman–Crippen MR) is 69.9 cm³/mol. The number of nitrogens with zero attached hydrogens (tertiary/aromatic N) is 5. The zero-order valence-electron chi connectivity index (χ0n) is 10.5. The lowest BCUT2D eigenvalue weighted by Crippen LogP contribution is -2.28. The van der Waals surface area contributed by atoms with E-state index in [1.165, 1.54) is 0 Å². The number of carbonyl (C=O) groups is 1. The lowest BCUT2D eigenvalue weighted by Gasteiger charge is -2.16. The third kappa shape index (κ3) is 2.45. The minimum Gasteiger partial charge on any atom is -0.334 e. The SMILES string of the molecule is CN(Cc1ccn(C)n1)C(=O)c1c(Br)cnn1C. The summed E-state index contributed by atoms with van der Waals surface area (Å²) < 4.78 is 3.97. The molecular weight excluding hydrogens is 298 g/mol. The molecule has 0 saturated heterocycles. The van der Waals surface area contributed by atoms with E-state index in [9.17, 15) is 4.79 Å². The Bertz CT molecular complexity index is 554. The third-order valence-corrected chi connectivity index (χ3v) is 3.19. The van der Waals surface area contributed by atoms with Gasteiger partial charge in [-0.1, -0.05) is 0 Å². The molecule has 2 aromatic rings. The quantitative estimate of drug-likeness (QED) is 0.855. The number of hydrogen-bond acceptors (Lipinski definition) is 3. The maximum atomic E-state index is 12.3. The van der Waals surface area contributed by atoms with E-state index in [0.29, 0.717) is 16.7 Å². The Hall–Kier alpha value is -1.63. The van der Waals surface area contributed by atoms with E-state index in [1.807, 2.05) is 19.3 Å². The normalized spacial score (nSPS) is 10.7. The number of halogens is 1. The number of aromatic nitrogens is 4. The zero-order chi connectivity index (χ0) is 13.3. The van der Waals surface area contributed by atoms with E-state index in [1.54, 1.807) is 34.6 Å². The van der Waals surface area contributed by atoms with Crippen molar-refractivity contribution >= 4 is 21.8 Å². The van der Waals surface area contributed by atoms with Crippen LogP contribution in [0.1, 0.15) is 16.2 Å². The minimum absolute atomic E-state index is 0.0903. The van der Waals surface area contributed by atoms with Gasteiger partial charge in [0, 0.05) is 27.3 Å². The molecule has 0 aliphatic rings. The van der Waals surface area contributed by atoms with Gasteiger partial charge in [-0.3, -0.25) is 14.2 Å². The maximum absolute atomic E-state index is 12.3. The van der Waals surface area contributed by atoms with Crippen molar-refractivity contribution in [3.05, 3.63) is 34.3 Å². The van der Waals surface area contributed by atoms with Gasteiger partial charge in [0.1, 0.15) is 5.69 Å². The van der Waals surface area contributed by atoms with Gasteiger partial charge < -0.3 is 4.90 Å². The molecule has 0 aliphatic heterocycles. The summed E-state index contributed by atoms with van der Waals surface area (Å²) in [5, 5.41) is 8.28. The largest absolute Gasteiger partial charge is 0.334 e. The second kappa shape index (κ2) is 4.93. The van der Waals surface area contributed by atoms with E-state index < -0.39 is 0 Å². The third-order valence-electron chi connectivity index (χ3n) is 2.61. The highest BCUT2D eigenvalue weighted by Crippen LogP contribution is 2.17. The molecule has 0 unspecified atom stereocenters. The Morgan fingerprint density at radius 2 is 2.22 bits per heavy atom. The minimum atomic E-state index is -0.0903. The fourth-order valence-corrected chi connectivity index (χ4v) is 2.21. The Kier molecular flexibility index (Phi) is 3.51. The molecule has 0 spiro atoms. The van der Waals surface area contributed by atoms with Crippen molar-refractivity contribution in [1.29, 1.82) is 0 Å². The standard InChI is InChI=1S/C11H14BrN5O/c1-15(7-8-4-5-16(2)14-8)11(18)10-9(12)6-13-17(10)3/h4-6H,7H2,1-3H3. The Labute approximate surface area is 113 Å². The summed E-state index contributed by atoms with van der Waals surface area (Å²) >= 11 is 3.32. The lowest BCUT2D eigenvalue weighted by molar-refractivity contribution is 0.0771. The van der Waals surface area contributed by atoms with Crippen molar-refractivity contribution in [1.82, 2.24) is 24.5 Å². The highest BCUT2D eigenvalue weighted by molar-refractivity contribution is 9.10. The van der Waals surface area contributed by atoms with Crippen LogP contribution in [0.3, 0.4) is 0 Å². The van der Waals surface area contributed by atoms with Gasteiger partial charge in [0.25, 0.3) is 5.91 Å². The molecule has 0 aromatic carbocycles. The van der Waals surface area contributed by atoms with Crippen molar-refractivity contribution in [2.24, 2.45) is 14.1 Å². The van der Waals surface area contributed by atoms with E-state index in [0.717, 1.165) is 5.69 Å². The van der Waals surface area contributed by atoms with Gasteiger partial charge in [-0.2, -0.15) is 10.2 Å². The van der Waals surface area contributed by atoms with Crippen molar-refractivity contribution in [3.8, 4) is 0 Å². The summed E-state index contributed by atoms with van der Waals surface area (Å²) in [5.74, 6) is -0.0903. The first-order valence-electron chi connectivity index (χ1n) is 5.40. The number of aryl methyl sites for hydroxylation is 2. The van der Waals surface area contributed by atoms with Crippen molar-refractivity contribution in [2.75, 3.05) is 7.05 Å². The Morgan fingerprint density at radius 3 is 2.72 bits per heavy atom. The first kappa shape index (κ1) is 12.8. The van der Waals surface area contributed by atoms with E-state index in [-0.39, 0.29) is 5.91 Å². The Balaban J connectivity index is 2.14. The number of hydrogen-bond donors (Lipinski definition) is 0. The van der Waals surface area contributed by atoms with Gasteiger partial charge in [-0.05, 0) is 22.0 Å². The maximum Gasteiger partial charge on any atom is 0.273 e. The van der Waals surface area contributed by atoms with Gasteiger partial charge in [0.2, 0.25) is 0 Å². The van der Waals surface area contributed by atoms with Gasteiger partial charge in [0.15, 0.2) is 0 Å². The van der Waals surface area contributed by atoms with Crippen LogP contribution >= 0.6 is 15.9 Å². The van der Waals surface area contributed by atoms with Crippen LogP contribution in [0, 0.1) is 0 Å². The monoisotopic (exact) mass is 311 g/mol. The van der Waals surface area contributed by atoms with E-state index in [4.69, 9.17) is 0 Å². The van der Waals surface area contributed by atoms with E-state index in [2.05, 4.69) is 26.1 Å². The topological polar surface area (TPSA) is 56.0 Å². The van der Waals surface area contributed by atoms with Crippen LogP contribution in [-0.4, -0.2) is 37.4 Å². The molecule has 2 heterocycles. The zero-order valence-corrected chi connectivity index (χ0v) is 12.0. The summed E-state index contributed by atoms with van der Waals surface area (Å²) in [4.78, 5) is 13.9. The molecular formula is C11H14BrN5O. The molecule has 6 nitrogen and oxygen atoms in total. The molecule has 0 radical (unpaired) electrons. The fraction of sp³-hybridized carbons (Fsp3) is 0.364. The second-order valence-electron chi connectivity index (χ2n) is 4.11. The molecule has 0 N–H and O–H groups in total. The Morgan fingerprint density at radius 1 is 1.50 bits per heavy atom. The number of amides is 1. The molecule has 0 aliphatic carbocycles.